The second-order valence-corrected chi connectivity index (χ2v) is 3.85. The van der Waals surface area contributed by atoms with E-state index in [4.69, 9.17) is 14.4 Å². The molecule has 0 amide bonds. The van der Waals surface area contributed by atoms with Gasteiger partial charge in [0.1, 0.15) is 31.4 Å². The van der Waals surface area contributed by atoms with Crippen LogP contribution in [0.25, 0.3) is 0 Å². The van der Waals surface area contributed by atoms with Crippen LogP contribution in [-0.4, -0.2) is 32.2 Å². The summed E-state index contributed by atoms with van der Waals surface area (Å²) in [6, 6.07) is 7.63. The fourth-order valence-corrected chi connectivity index (χ4v) is 1.53. The third-order valence-electron chi connectivity index (χ3n) is 2.35. The topological polar surface area (TPSA) is 52.4 Å². The third kappa shape index (κ3) is 4.62. The van der Waals surface area contributed by atoms with Gasteiger partial charge < -0.3 is 14.4 Å². The summed E-state index contributed by atoms with van der Waals surface area (Å²) in [5.41, 5.74) is 2.17. The maximum Gasteiger partial charge on any atom is 0.134 e. The molecule has 0 heterocycles. The maximum atomic E-state index is 5.53. The van der Waals surface area contributed by atoms with Gasteiger partial charge in [-0.1, -0.05) is 17.2 Å². The van der Waals surface area contributed by atoms with Crippen LogP contribution in [0.1, 0.15) is 25.8 Å². The van der Waals surface area contributed by atoms with Crippen LogP contribution in [0.5, 0.6) is 5.75 Å². The molecule has 0 fully saturated rings. The summed E-state index contributed by atoms with van der Waals surface area (Å²) in [6.45, 7) is 4.59. The van der Waals surface area contributed by atoms with Gasteiger partial charge in [-0.05, 0) is 37.6 Å². The standard InChI is InChI=1S/C14H20N2O3/c1-5-10-19-13-8-6-12(7-9-13)14(16-18-4)11(2)15-17-3/h6-9H,5,10H2,1-4H3. The molecule has 0 aliphatic carbocycles. The third-order valence-corrected chi connectivity index (χ3v) is 2.35. The minimum absolute atomic E-state index is 0.631. The van der Waals surface area contributed by atoms with Crippen molar-refractivity contribution < 1.29 is 14.4 Å². The normalized spacial score (nSPS) is 12.2. The molecule has 0 saturated carbocycles. The van der Waals surface area contributed by atoms with E-state index in [1.807, 2.05) is 31.2 Å². The average molecular weight is 264 g/mol. The highest BCUT2D eigenvalue weighted by Gasteiger charge is 2.09. The highest BCUT2D eigenvalue weighted by Crippen LogP contribution is 2.14. The highest BCUT2D eigenvalue weighted by atomic mass is 16.6. The molecule has 5 nitrogen and oxygen atoms in total. The number of oxime groups is 2. The number of hydrogen-bond donors (Lipinski definition) is 0. The fourth-order valence-electron chi connectivity index (χ4n) is 1.53. The first-order chi connectivity index (χ1) is 9.22. The van der Waals surface area contributed by atoms with Crippen molar-refractivity contribution in [1.29, 1.82) is 0 Å². The lowest BCUT2D eigenvalue weighted by molar-refractivity contribution is 0.210. The first kappa shape index (κ1) is 15.0. The Morgan fingerprint density at radius 2 is 1.68 bits per heavy atom. The van der Waals surface area contributed by atoms with Gasteiger partial charge in [0.2, 0.25) is 0 Å². The quantitative estimate of drug-likeness (QED) is 0.562. The van der Waals surface area contributed by atoms with Gasteiger partial charge >= 0.3 is 0 Å². The van der Waals surface area contributed by atoms with E-state index in [2.05, 4.69) is 17.2 Å². The molecular formula is C14H20N2O3. The molecule has 0 saturated heterocycles. The Kier molecular flexibility index (Phi) is 6.43. The predicted octanol–water partition coefficient (Wildman–Crippen LogP) is 2.85. The highest BCUT2D eigenvalue weighted by molar-refractivity contribution is 6.47. The number of ether oxygens (including phenoxy) is 1. The maximum absolute atomic E-state index is 5.53. The van der Waals surface area contributed by atoms with Crippen molar-refractivity contribution in [2.24, 2.45) is 10.3 Å². The van der Waals surface area contributed by atoms with Crippen LogP contribution < -0.4 is 4.74 Å². The van der Waals surface area contributed by atoms with Crippen LogP contribution in [0.15, 0.2) is 34.6 Å². The summed E-state index contributed by atoms with van der Waals surface area (Å²) in [6.07, 6.45) is 0.984. The first-order valence-electron chi connectivity index (χ1n) is 6.15. The van der Waals surface area contributed by atoms with Crippen molar-refractivity contribution in [3.05, 3.63) is 29.8 Å². The molecule has 1 rings (SSSR count). The molecule has 0 bridgehead atoms. The zero-order valence-electron chi connectivity index (χ0n) is 11.8. The van der Waals surface area contributed by atoms with Gasteiger partial charge in [0.15, 0.2) is 0 Å². The van der Waals surface area contributed by atoms with Gasteiger partial charge in [0.05, 0.1) is 6.61 Å². The van der Waals surface area contributed by atoms with E-state index in [0.29, 0.717) is 18.0 Å². The van der Waals surface area contributed by atoms with Crippen LogP contribution in [0.4, 0.5) is 0 Å². The Bertz CT molecular complexity index is 439. The van der Waals surface area contributed by atoms with Crippen LogP contribution in [0, 0.1) is 0 Å². The van der Waals surface area contributed by atoms with Crippen molar-refractivity contribution in [3.63, 3.8) is 0 Å². The van der Waals surface area contributed by atoms with Gasteiger partial charge in [0.25, 0.3) is 0 Å². The largest absolute Gasteiger partial charge is 0.494 e. The van der Waals surface area contributed by atoms with E-state index in [-0.39, 0.29) is 0 Å². The molecule has 0 aliphatic rings. The summed E-state index contributed by atoms with van der Waals surface area (Å²) in [5, 5.41) is 7.84. The lowest BCUT2D eigenvalue weighted by Crippen LogP contribution is -2.13. The lowest BCUT2D eigenvalue weighted by Gasteiger charge is -2.07. The van der Waals surface area contributed by atoms with Gasteiger partial charge in [-0.15, -0.1) is 0 Å². The van der Waals surface area contributed by atoms with E-state index in [0.717, 1.165) is 17.7 Å². The zero-order chi connectivity index (χ0) is 14.1. The number of benzene rings is 1. The molecule has 0 spiro atoms. The van der Waals surface area contributed by atoms with Gasteiger partial charge in [0, 0.05) is 5.56 Å². The van der Waals surface area contributed by atoms with E-state index in [1.165, 1.54) is 14.2 Å². The second-order valence-electron chi connectivity index (χ2n) is 3.85. The Balaban J connectivity index is 2.92. The van der Waals surface area contributed by atoms with E-state index >= 15 is 0 Å². The van der Waals surface area contributed by atoms with Crippen LogP contribution in [0.2, 0.25) is 0 Å². The minimum atomic E-state index is 0.631. The molecule has 5 heteroatoms. The van der Waals surface area contributed by atoms with Crippen LogP contribution in [-0.2, 0) is 9.68 Å². The molecule has 19 heavy (non-hydrogen) atoms. The average Bonchev–Trinajstić information content (AvgIpc) is 2.43. The summed E-state index contributed by atoms with van der Waals surface area (Å²) in [5.74, 6) is 0.837. The fraction of sp³-hybridized carbons (Fsp3) is 0.429. The molecule has 1 aromatic carbocycles. The molecule has 0 aromatic heterocycles. The molecule has 104 valence electrons. The van der Waals surface area contributed by atoms with Crippen molar-refractivity contribution >= 4 is 11.4 Å². The number of rotatable bonds is 7. The first-order valence-corrected chi connectivity index (χ1v) is 6.15. The van der Waals surface area contributed by atoms with E-state index in [1.54, 1.807) is 0 Å². The Labute approximate surface area is 113 Å². The van der Waals surface area contributed by atoms with Crippen molar-refractivity contribution in [1.82, 2.24) is 0 Å². The zero-order valence-corrected chi connectivity index (χ0v) is 11.8. The number of nitrogens with zero attached hydrogens (tertiary/aromatic N) is 2. The summed E-state index contributed by atoms with van der Waals surface area (Å²) < 4.78 is 5.53. The van der Waals surface area contributed by atoms with Crippen molar-refractivity contribution in [2.75, 3.05) is 20.8 Å². The summed E-state index contributed by atoms with van der Waals surface area (Å²) >= 11 is 0. The van der Waals surface area contributed by atoms with Gasteiger partial charge in [-0.2, -0.15) is 0 Å². The molecule has 0 aliphatic heterocycles. The summed E-state index contributed by atoms with van der Waals surface area (Å²) in [4.78, 5) is 9.60. The molecule has 0 radical (unpaired) electrons. The molecule has 0 atom stereocenters. The molecular weight excluding hydrogens is 244 g/mol. The minimum Gasteiger partial charge on any atom is -0.494 e. The van der Waals surface area contributed by atoms with Crippen LogP contribution in [0.3, 0.4) is 0 Å². The van der Waals surface area contributed by atoms with Gasteiger partial charge in [-0.25, -0.2) is 0 Å². The lowest BCUT2D eigenvalue weighted by atomic mass is 10.1. The Hall–Kier alpha value is -2.04. The molecule has 0 N–H and O–H groups in total. The SMILES string of the molecule is CCCOc1ccc(C(=NOC)C(C)=NOC)cc1. The Morgan fingerprint density at radius 3 is 2.21 bits per heavy atom. The van der Waals surface area contributed by atoms with Crippen molar-refractivity contribution in [3.8, 4) is 5.75 Å². The second kappa shape index (κ2) is 8.13. The smallest absolute Gasteiger partial charge is 0.134 e. The Morgan fingerprint density at radius 1 is 1.05 bits per heavy atom. The number of hydrogen-bond acceptors (Lipinski definition) is 5. The van der Waals surface area contributed by atoms with E-state index < -0.39 is 0 Å². The van der Waals surface area contributed by atoms with Crippen LogP contribution >= 0.6 is 0 Å². The van der Waals surface area contributed by atoms with E-state index in [9.17, 15) is 0 Å². The predicted molar refractivity (Wildman–Crippen MR) is 75.9 cm³/mol. The monoisotopic (exact) mass is 264 g/mol. The van der Waals surface area contributed by atoms with Crippen molar-refractivity contribution in [2.45, 2.75) is 20.3 Å². The molecule has 1 aromatic rings. The summed E-state index contributed by atoms with van der Waals surface area (Å²) in [7, 11) is 2.99. The molecule has 0 unspecified atom stereocenters. The van der Waals surface area contributed by atoms with Gasteiger partial charge in [-0.3, -0.25) is 0 Å².